The van der Waals surface area contributed by atoms with Crippen LogP contribution in [-0.2, 0) is 23.1 Å². The molecule has 8 heteroatoms. The van der Waals surface area contributed by atoms with Gasteiger partial charge >= 0.3 is 0 Å². The Balaban J connectivity index is 2.17. The average Bonchev–Trinajstić information content (AvgIpc) is 2.94. The van der Waals surface area contributed by atoms with Crippen LogP contribution >= 0.6 is 0 Å². The van der Waals surface area contributed by atoms with E-state index in [4.69, 9.17) is 4.52 Å². The molecule has 0 aliphatic carbocycles. The molecular weight excluding hydrogens is 294 g/mol. The maximum Gasteiger partial charge on any atom is 0.240 e. The third-order valence-corrected chi connectivity index (χ3v) is 4.78. The molecule has 1 aromatic heterocycles. The van der Waals surface area contributed by atoms with Crippen molar-refractivity contribution in [3.05, 3.63) is 41.0 Å². The first-order valence-electron chi connectivity index (χ1n) is 6.40. The normalized spacial score (nSPS) is 11.8. The number of hydrogen-bond acceptors (Lipinski definition) is 6. The fraction of sp³-hybridized carbons (Fsp3) is 0.385. The number of rotatable bonds is 6. The van der Waals surface area contributed by atoms with Gasteiger partial charge in [-0.05, 0) is 36.6 Å². The van der Waals surface area contributed by atoms with E-state index < -0.39 is 10.0 Å². The molecule has 0 atom stereocenters. The summed E-state index contributed by atoms with van der Waals surface area (Å²) in [6.07, 6.45) is 1.58. The van der Waals surface area contributed by atoms with Crippen LogP contribution in [0.3, 0.4) is 0 Å². The number of aryl methyl sites for hydroxylation is 1. The van der Waals surface area contributed by atoms with E-state index >= 15 is 0 Å². The van der Waals surface area contributed by atoms with E-state index in [0.717, 1.165) is 5.56 Å². The first-order valence-corrected chi connectivity index (χ1v) is 7.88. The minimum atomic E-state index is -3.65. The van der Waals surface area contributed by atoms with Crippen LogP contribution in [0.25, 0.3) is 0 Å². The third kappa shape index (κ3) is 3.66. The van der Waals surface area contributed by atoms with Crippen LogP contribution in [0.1, 0.15) is 22.6 Å². The van der Waals surface area contributed by atoms with Crippen molar-refractivity contribution in [2.24, 2.45) is 0 Å². The predicted octanol–water partition coefficient (Wildman–Crippen LogP) is 0.700. The van der Waals surface area contributed by atoms with Gasteiger partial charge in [-0.1, -0.05) is 11.2 Å². The summed E-state index contributed by atoms with van der Waals surface area (Å²) < 4.78 is 32.0. The fourth-order valence-corrected chi connectivity index (χ4v) is 3.34. The van der Waals surface area contributed by atoms with E-state index in [1.165, 1.54) is 12.4 Å². The molecule has 0 saturated carbocycles. The van der Waals surface area contributed by atoms with Gasteiger partial charge in [0.2, 0.25) is 15.9 Å². The van der Waals surface area contributed by atoms with Crippen LogP contribution in [0, 0.1) is 13.8 Å². The number of nitrogens with one attached hydrogen (secondary N) is 1. The molecule has 0 bridgehead atoms. The van der Waals surface area contributed by atoms with Gasteiger partial charge in [0.15, 0.2) is 6.33 Å². The highest BCUT2D eigenvalue weighted by Gasteiger charge is 2.18. The highest BCUT2D eigenvalue weighted by Crippen LogP contribution is 2.21. The van der Waals surface area contributed by atoms with E-state index in [0.29, 0.717) is 23.4 Å². The Hall–Kier alpha value is -1.77. The largest absolute Gasteiger partial charge is 0.392 e. The number of sulfonamides is 1. The third-order valence-electron chi connectivity index (χ3n) is 3.19. The quantitative estimate of drug-likeness (QED) is 0.813. The zero-order valence-corrected chi connectivity index (χ0v) is 12.6. The Morgan fingerprint density at radius 2 is 2.10 bits per heavy atom. The molecule has 0 amide bonds. The van der Waals surface area contributed by atoms with Crippen molar-refractivity contribution in [1.29, 1.82) is 0 Å². The summed E-state index contributed by atoms with van der Waals surface area (Å²) in [5, 5.41) is 12.7. The van der Waals surface area contributed by atoms with Crippen molar-refractivity contribution in [3.63, 3.8) is 0 Å². The summed E-state index contributed by atoms with van der Waals surface area (Å²) in [6.45, 7) is 3.51. The second-order valence-electron chi connectivity index (χ2n) is 4.68. The molecule has 1 aromatic carbocycles. The summed E-state index contributed by atoms with van der Waals surface area (Å²) in [5.74, 6) is 0.370. The Morgan fingerprint density at radius 3 is 2.71 bits per heavy atom. The smallest absolute Gasteiger partial charge is 0.240 e. The van der Waals surface area contributed by atoms with Gasteiger partial charge in [0.1, 0.15) is 0 Å². The predicted molar refractivity (Wildman–Crippen MR) is 75.0 cm³/mol. The van der Waals surface area contributed by atoms with Crippen molar-refractivity contribution >= 4 is 10.0 Å². The van der Waals surface area contributed by atoms with Gasteiger partial charge in [-0.15, -0.1) is 0 Å². The second kappa shape index (κ2) is 6.33. The van der Waals surface area contributed by atoms with Crippen LogP contribution in [0.15, 0.2) is 27.9 Å². The molecule has 0 fully saturated rings. The molecule has 114 valence electrons. The molecule has 0 saturated heterocycles. The number of benzene rings is 1. The van der Waals surface area contributed by atoms with Gasteiger partial charge in [-0.2, -0.15) is 4.98 Å². The number of aromatic nitrogens is 2. The molecule has 2 rings (SSSR count). The van der Waals surface area contributed by atoms with E-state index in [-0.39, 0.29) is 18.0 Å². The van der Waals surface area contributed by atoms with E-state index in [1.807, 2.05) is 6.92 Å². The SMILES string of the molecule is Cc1cc(CO)cc(S(=O)(=O)NCCc2ncno2)c1C. The van der Waals surface area contributed by atoms with Gasteiger partial charge < -0.3 is 9.63 Å². The van der Waals surface area contributed by atoms with Crippen molar-refractivity contribution in [2.45, 2.75) is 31.8 Å². The first-order chi connectivity index (χ1) is 9.94. The molecule has 2 N–H and O–H groups in total. The highest BCUT2D eigenvalue weighted by atomic mass is 32.2. The van der Waals surface area contributed by atoms with Gasteiger partial charge in [0.25, 0.3) is 0 Å². The monoisotopic (exact) mass is 311 g/mol. The lowest BCUT2D eigenvalue weighted by molar-refractivity contribution is 0.281. The van der Waals surface area contributed by atoms with Crippen molar-refractivity contribution in [1.82, 2.24) is 14.9 Å². The molecular formula is C13H17N3O4S. The lowest BCUT2D eigenvalue weighted by atomic mass is 10.1. The van der Waals surface area contributed by atoms with E-state index in [2.05, 4.69) is 14.9 Å². The highest BCUT2D eigenvalue weighted by molar-refractivity contribution is 7.89. The maximum absolute atomic E-state index is 12.3. The van der Waals surface area contributed by atoms with Crippen molar-refractivity contribution in [2.75, 3.05) is 6.54 Å². The molecule has 2 aromatic rings. The lowest BCUT2D eigenvalue weighted by Gasteiger charge is -2.12. The number of aliphatic hydroxyl groups is 1. The van der Waals surface area contributed by atoms with Crippen LogP contribution in [0.4, 0.5) is 0 Å². The van der Waals surface area contributed by atoms with Crippen LogP contribution in [0.5, 0.6) is 0 Å². The van der Waals surface area contributed by atoms with Gasteiger partial charge in [0.05, 0.1) is 11.5 Å². The van der Waals surface area contributed by atoms with Gasteiger partial charge in [-0.25, -0.2) is 13.1 Å². The van der Waals surface area contributed by atoms with E-state index in [1.54, 1.807) is 13.0 Å². The Kier molecular flexibility index (Phi) is 4.71. The van der Waals surface area contributed by atoms with Crippen LogP contribution in [-0.4, -0.2) is 30.2 Å². The van der Waals surface area contributed by atoms with Gasteiger partial charge in [0, 0.05) is 13.0 Å². The molecule has 7 nitrogen and oxygen atoms in total. The van der Waals surface area contributed by atoms with Gasteiger partial charge in [-0.3, -0.25) is 0 Å². The standard InChI is InChI=1S/C13H17N3O4S/c1-9-5-11(7-17)6-12(10(9)2)21(18,19)16-4-3-13-14-8-15-20-13/h5-6,8,16-17H,3-4,7H2,1-2H3. The topological polar surface area (TPSA) is 105 Å². The summed E-state index contributed by atoms with van der Waals surface area (Å²) >= 11 is 0. The maximum atomic E-state index is 12.3. The molecule has 0 radical (unpaired) electrons. The minimum Gasteiger partial charge on any atom is -0.392 e. The molecule has 21 heavy (non-hydrogen) atoms. The Labute approximate surface area is 123 Å². The summed E-state index contributed by atoms with van der Waals surface area (Å²) in [7, 11) is -3.65. The Bertz CT molecular complexity index is 711. The summed E-state index contributed by atoms with van der Waals surface area (Å²) in [4.78, 5) is 4.00. The van der Waals surface area contributed by atoms with Crippen LogP contribution in [0.2, 0.25) is 0 Å². The summed E-state index contributed by atoms with van der Waals surface area (Å²) in [5.41, 5.74) is 2.05. The molecule has 0 aliphatic rings. The molecule has 0 aliphatic heterocycles. The number of aliphatic hydroxyl groups excluding tert-OH is 1. The molecule has 0 spiro atoms. The number of hydrogen-bond donors (Lipinski definition) is 2. The van der Waals surface area contributed by atoms with E-state index in [9.17, 15) is 13.5 Å². The molecule has 0 unspecified atom stereocenters. The number of nitrogens with zero attached hydrogens (tertiary/aromatic N) is 2. The van der Waals surface area contributed by atoms with Crippen molar-refractivity contribution < 1.29 is 18.0 Å². The second-order valence-corrected chi connectivity index (χ2v) is 6.41. The molecule has 1 heterocycles. The zero-order chi connectivity index (χ0) is 15.5. The van der Waals surface area contributed by atoms with Crippen LogP contribution < -0.4 is 4.72 Å². The first kappa shape index (κ1) is 15.6. The van der Waals surface area contributed by atoms with Crippen molar-refractivity contribution in [3.8, 4) is 0 Å². The summed E-state index contributed by atoms with van der Waals surface area (Å²) in [6, 6.07) is 3.25. The average molecular weight is 311 g/mol. The Morgan fingerprint density at radius 1 is 1.33 bits per heavy atom. The minimum absolute atomic E-state index is 0.159. The fourth-order valence-electron chi connectivity index (χ4n) is 1.95. The lowest BCUT2D eigenvalue weighted by Crippen LogP contribution is -2.27. The zero-order valence-electron chi connectivity index (χ0n) is 11.8.